The van der Waals surface area contributed by atoms with Crippen LogP contribution in [0.4, 0.5) is 4.39 Å². The molecule has 0 aliphatic carbocycles. The van der Waals surface area contributed by atoms with E-state index in [1.54, 1.807) is 29.0 Å². The van der Waals surface area contributed by atoms with Crippen LogP contribution in [0.25, 0.3) is 16.6 Å². The third-order valence-electron chi connectivity index (χ3n) is 5.21. The number of benzene rings is 1. The maximum atomic E-state index is 13.5. The molecule has 1 amide bonds. The minimum atomic E-state index is -0.355. The highest BCUT2D eigenvalue weighted by Crippen LogP contribution is 2.17. The van der Waals surface area contributed by atoms with Gasteiger partial charge in [0.2, 0.25) is 0 Å². The number of hydrogen-bond acceptors (Lipinski definition) is 3. The van der Waals surface area contributed by atoms with E-state index in [-0.39, 0.29) is 17.8 Å². The van der Waals surface area contributed by atoms with Crippen LogP contribution in [0, 0.1) is 17.7 Å². The molecule has 5 rings (SSSR count). The Morgan fingerprint density at radius 2 is 2.00 bits per heavy atom. The largest absolute Gasteiger partial charge is 0.346 e. The van der Waals surface area contributed by atoms with Crippen molar-refractivity contribution in [2.24, 2.45) is 0 Å². The monoisotopic (exact) mass is 423 g/mol. The first-order chi connectivity index (χ1) is 15.6. The van der Waals surface area contributed by atoms with Crippen molar-refractivity contribution in [2.45, 2.75) is 13.0 Å². The maximum Gasteiger partial charge on any atom is 0.255 e. The van der Waals surface area contributed by atoms with Crippen LogP contribution < -0.4 is 5.32 Å². The molecular formula is C25H18FN5O. The van der Waals surface area contributed by atoms with Gasteiger partial charge in [0.1, 0.15) is 11.5 Å². The zero-order chi connectivity index (χ0) is 22.1. The molecule has 0 radical (unpaired) electrons. The van der Waals surface area contributed by atoms with Crippen molar-refractivity contribution in [1.29, 1.82) is 0 Å². The van der Waals surface area contributed by atoms with Crippen molar-refractivity contribution in [3.05, 3.63) is 101 Å². The van der Waals surface area contributed by atoms with E-state index < -0.39 is 0 Å². The topological polar surface area (TPSA) is 75.1 Å². The van der Waals surface area contributed by atoms with Crippen molar-refractivity contribution in [3.8, 4) is 11.8 Å². The van der Waals surface area contributed by atoms with Gasteiger partial charge in [-0.05, 0) is 48.9 Å². The molecule has 0 aliphatic heterocycles. The summed E-state index contributed by atoms with van der Waals surface area (Å²) in [5, 5.41) is 8.15. The Morgan fingerprint density at radius 3 is 2.88 bits per heavy atom. The number of amides is 1. The van der Waals surface area contributed by atoms with E-state index in [1.165, 1.54) is 18.3 Å². The number of pyridine rings is 2. The number of halogens is 1. The highest BCUT2D eigenvalue weighted by atomic mass is 19.1. The maximum absolute atomic E-state index is 13.5. The number of aromatic nitrogens is 4. The highest BCUT2D eigenvalue weighted by molar-refractivity contribution is 6.01. The molecule has 4 aromatic heterocycles. The van der Waals surface area contributed by atoms with Crippen molar-refractivity contribution in [2.75, 3.05) is 0 Å². The van der Waals surface area contributed by atoms with Crippen LogP contribution in [-0.4, -0.2) is 25.5 Å². The lowest BCUT2D eigenvalue weighted by molar-refractivity contribution is 0.0941. The van der Waals surface area contributed by atoms with Gasteiger partial charge < -0.3 is 10.3 Å². The number of fused-ring (bicyclic) bond motifs is 2. The third kappa shape index (κ3) is 3.82. The Morgan fingerprint density at radius 1 is 1.12 bits per heavy atom. The number of nitrogens with zero attached hydrogens (tertiary/aromatic N) is 3. The zero-order valence-electron chi connectivity index (χ0n) is 17.1. The lowest BCUT2D eigenvalue weighted by Gasteiger charge is -2.14. The number of aromatic amines is 1. The lowest BCUT2D eigenvalue weighted by Crippen LogP contribution is -2.26. The minimum Gasteiger partial charge on any atom is -0.346 e. The van der Waals surface area contributed by atoms with Crippen LogP contribution in [0.2, 0.25) is 0 Å². The first kappa shape index (κ1) is 19.5. The fourth-order valence-corrected chi connectivity index (χ4v) is 3.52. The second-order valence-corrected chi connectivity index (χ2v) is 7.44. The second-order valence-electron chi connectivity index (χ2n) is 7.44. The molecule has 0 unspecified atom stereocenters. The highest BCUT2D eigenvalue weighted by Gasteiger charge is 2.16. The normalized spacial score (nSPS) is 11.8. The van der Waals surface area contributed by atoms with Gasteiger partial charge in [-0.1, -0.05) is 24.0 Å². The van der Waals surface area contributed by atoms with Crippen molar-refractivity contribution >= 4 is 22.5 Å². The molecular weight excluding hydrogens is 405 g/mol. The summed E-state index contributed by atoms with van der Waals surface area (Å²) in [5.74, 6) is 5.61. The average molecular weight is 423 g/mol. The van der Waals surface area contributed by atoms with E-state index in [4.69, 9.17) is 0 Å². The predicted molar refractivity (Wildman–Crippen MR) is 120 cm³/mol. The molecule has 0 saturated heterocycles. The van der Waals surface area contributed by atoms with Gasteiger partial charge in [0, 0.05) is 35.1 Å². The van der Waals surface area contributed by atoms with Gasteiger partial charge in [0.05, 0.1) is 23.3 Å². The Balaban J connectivity index is 1.40. The zero-order valence-corrected chi connectivity index (χ0v) is 17.1. The summed E-state index contributed by atoms with van der Waals surface area (Å²) < 4.78 is 15.1. The molecule has 156 valence electrons. The molecule has 4 heterocycles. The number of nitrogens with one attached hydrogen (secondary N) is 2. The molecule has 32 heavy (non-hydrogen) atoms. The fourth-order valence-electron chi connectivity index (χ4n) is 3.52. The average Bonchev–Trinajstić information content (AvgIpc) is 3.43. The van der Waals surface area contributed by atoms with Crippen LogP contribution in [0.5, 0.6) is 0 Å². The van der Waals surface area contributed by atoms with Gasteiger partial charge in [-0.15, -0.1) is 0 Å². The summed E-state index contributed by atoms with van der Waals surface area (Å²) >= 11 is 0. The molecule has 0 spiro atoms. The SMILES string of the molecule is C[C@H](NC(=O)c1cnn2ccc(C#Cc3cnc4[nH]ccc4c3)cc12)c1cccc(F)c1. The predicted octanol–water partition coefficient (Wildman–Crippen LogP) is 4.24. The van der Waals surface area contributed by atoms with Gasteiger partial charge in [-0.3, -0.25) is 4.79 Å². The van der Waals surface area contributed by atoms with Crippen LogP contribution >= 0.6 is 0 Å². The number of hydrogen-bond donors (Lipinski definition) is 2. The third-order valence-corrected chi connectivity index (χ3v) is 5.21. The molecule has 1 atom stereocenters. The number of H-pyrrole nitrogens is 1. The standard InChI is InChI=1S/C25H18FN5O/c1-16(19-3-2-4-21(26)13-19)30-25(32)22-15-29-31-10-8-17(12-23(22)31)5-6-18-11-20-7-9-27-24(20)28-14-18/h2-4,7-16H,1H3,(H,27,28)(H,30,32)/t16-/m0/s1. The van der Waals surface area contributed by atoms with Gasteiger partial charge in [-0.25, -0.2) is 13.9 Å². The van der Waals surface area contributed by atoms with Crippen LogP contribution in [0.3, 0.4) is 0 Å². The summed E-state index contributed by atoms with van der Waals surface area (Å²) in [6.45, 7) is 1.81. The Hall–Kier alpha value is -4.44. The van der Waals surface area contributed by atoms with E-state index in [2.05, 4.69) is 32.2 Å². The van der Waals surface area contributed by atoms with Gasteiger partial charge in [-0.2, -0.15) is 5.10 Å². The van der Waals surface area contributed by atoms with E-state index >= 15 is 0 Å². The first-order valence-electron chi connectivity index (χ1n) is 10.1. The number of carbonyl (C=O) groups is 1. The van der Waals surface area contributed by atoms with Crippen molar-refractivity contribution in [1.82, 2.24) is 24.9 Å². The van der Waals surface area contributed by atoms with E-state index in [1.807, 2.05) is 37.4 Å². The van der Waals surface area contributed by atoms with Gasteiger partial charge in [0.15, 0.2) is 0 Å². The van der Waals surface area contributed by atoms with Crippen LogP contribution in [-0.2, 0) is 0 Å². The molecule has 0 bridgehead atoms. The first-order valence-corrected chi connectivity index (χ1v) is 10.1. The van der Waals surface area contributed by atoms with Crippen molar-refractivity contribution < 1.29 is 9.18 Å². The molecule has 2 N–H and O–H groups in total. The Labute approximate surface area is 183 Å². The second kappa shape index (κ2) is 8.00. The quantitative estimate of drug-likeness (QED) is 0.426. The molecule has 0 aliphatic rings. The Bertz CT molecular complexity index is 1520. The van der Waals surface area contributed by atoms with Gasteiger partial charge >= 0.3 is 0 Å². The summed E-state index contributed by atoms with van der Waals surface area (Å²) in [6, 6.07) is 13.4. The van der Waals surface area contributed by atoms with Gasteiger partial charge in [0.25, 0.3) is 5.91 Å². The smallest absolute Gasteiger partial charge is 0.255 e. The summed E-state index contributed by atoms with van der Waals surface area (Å²) in [6.07, 6.45) is 6.84. The van der Waals surface area contributed by atoms with E-state index in [9.17, 15) is 9.18 Å². The van der Waals surface area contributed by atoms with E-state index in [0.29, 0.717) is 16.6 Å². The van der Waals surface area contributed by atoms with Crippen LogP contribution in [0.15, 0.2) is 73.3 Å². The molecule has 6 nitrogen and oxygen atoms in total. The summed E-state index contributed by atoms with van der Waals surface area (Å²) in [4.78, 5) is 20.3. The number of carbonyl (C=O) groups excluding carboxylic acids is 1. The van der Waals surface area contributed by atoms with Crippen LogP contribution in [0.1, 0.15) is 40.0 Å². The fraction of sp³-hybridized carbons (Fsp3) is 0.0800. The molecule has 0 fully saturated rings. The molecule has 5 aromatic rings. The Kier molecular flexibility index (Phi) is 4.88. The summed E-state index contributed by atoms with van der Waals surface area (Å²) in [7, 11) is 0. The summed E-state index contributed by atoms with van der Waals surface area (Å²) in [5.41, 5.74) is 4.12. The van der Waals surface area contributed by atoms with E-state index in [0.717, 1.165) is 22.2 Å². The molecule has 7 heteroatoms. The van der Waals surface area contributed by atoms with Crippen molar-refractivity contribution in [3.63, 3.8) is 0 Å². The molecule has 0 saturated carbocycles. The lowest BCUT2D eigenvalue weighted by atomic mass is 10.1. The minimum absolute atomic E-state index is 0.288. The number of rotatable bonds is 3. The molecule has 1 aromatic carbocycles.